The molecule has 0 spiro atoms. The van der Waals surface area contributed by atoms with Crippen molar-refractivity contribution in [3.63, 3.8) is 0 Å². The van der Waals surface area contributed by atoms with Gasteiger partial charge in [-0.25, -0.2) is 9.07 Å². The molecule has 1 aliphatic heterocycles. The molecule has 136 valence electrons. The van der Waals surface area contributed by atoms with Crippen LogP contribution in [-0.2, 0) is 0 Å². The van der Waals surface area contributed by atoms with Gasteiger partial charge in [0.2, 0.25) is 0 Å². The molecule has 1 atom stereocenters. The first-order chi connectivity index (χ1) is 12.0. The van der Waals surface area contributed by atoms with Crippen molar-refractivity contribution in [1.29, 1.82) is 0 Å². The number of anilines is 1. The lowest BCUT2D eigenvalue weighted by molar-refractivity contribution is 0.133. The van der Waals surface area contributed by atoms with Gasteiger partial charge < -0.3 is 4.90 Å². The maximum absolute atomic E-state index is 14.0. The second kappa shape index (κ2) is 7.47. The summed E-state index contributed by atoms with van der Waals surface area (Å²) in [6.45, 7) is 11.9. The van der Waals surface area contributed by atoms with E-state index < -0.39 is 0 Å². The van der Waals surface area contributed by atoms with E-state index in [-0.39, 0.29) is 17.9 Å². The van der Waals surface area contributed by atoms with E-state index in [4.69, 9.17) is 0 Å². The molecule has 0 unspecified atom stereocenters. The van der Waals surface area contributed by atoms with Crippen molar-refractivity contribution in [2.45, 2.75) is 39.8 Å². The molecule has 2 heterocycles. The molecule has 25 heavy (non-hydrogen) atoms. The topological polar surface area (TPSA) is 50.1 Å². The highest BCUT2D eigenvalue weighted by atomic mass is 19.1. The average Bonchev–Trinajstić information content (AvgIpc) is 3.05. The zero-order valence-corrected chi connectivity index (χ0v) is 15.4. The number of piperazine rings is 1. The molecule has 3 rings (SSSR count). The third-order valence-corrected chi connectivity index (χ3v) is 4.80. The van der Waals surface area contributed by atoms with E-state index >= 15 is 0 Å². The number of rotatable bonds is 5. The number of para-hydroxylation sites is 1. The van der Waals surface area contributed by atoms with E-state index in [0.717, 1.165) is 32.0 Å². The molecule has 1 aliphatic rings. The van der Waals surface area contributed by atoms with E-state index in [9.17, 15) is 4.39 Å². The van der Waals surface area contributed by atoms with Crippen LogP contribution in [0.15, 0.2) is 24.3 Å². The predicted molar refractivity (Wildman–Crippen MR) is 96.0 cm³/mol. The molecule has 2 aromatic rings. The summed E-state index contributed by atoms with van der Waals surface area (Å²) in [6, 6.07) is 7.39. The molecule has 6 nitrogen and oxygen atoms in total. The molecular formula is C18H27FN6. The van der Waals surface area contributed by atoms with Crippen molar-refractivity contribution in [2.75, 3.05) is 31.1 Å². The van der Waals surface area contributed by atoms with Gasteiger partial charge in [0.1, 0.15) is 5.82 Å². The Morgan fingerprint density at radius 1 is 1.00 bits per heavy atom. The predicted octanol–water partition coefficient (Wildman–Crippen LogP) is 2.91. The van der Waals surface area contributed by atoms with Crippen molar-refractivity contribution < 1.29 is 4.39 Å². The van der Waals surface area contributed by atoms with Crippen molar-refractivity contribution in [1.82, 2.24) is 25.1 Å². The van der Waals surface area contributed by atoms with Crippen molar-refractivity contribution in [3.05, 3.63) is 35.9 Å². The fourth-order valence-corrected chi connectivity index (χ4v) is 3.60. The van der Waals surface area contributed by atoms with Crippen LogP contribution >= 0.6 is 0 Å². The second-order valence-corrected chi connectivity index (χ2v) is 7.24. The molecule has 1 aromatic heterocycles. The van der Waals surface area contributed by atoms with Crippen LogP contribution in [0, 0.1) is 11.7 Å². The second-order valence-electron chi connectivity index (χ2n) is 7.24. The van der Waals surface area contributed by atoms with Crippen LogP contribution in [0.1, 0.15) is 45.6 Å². The Morgan fingerprint density at radius 2 is 1.68 bits per heavy atom. The summed E-state index contributed by atoms with van der Waals surface area (Å²) in [4.78, 5) is 4.54. The van der Waals surface area contributed by atoms with E-state index in [0.29, 0.717) is 11.6 Å². The maximum atomic E-state index is 14.0. The van der Waals surface area contributed by atoms with Crippen molar-refractivity contribution >= 4 is 5.69 Å². The number of nitrogens with zero attached hydrogens (tertiary/aromatic N) is 6. The van der Waals surface area contributed by atoms with Crippen LogP contribution in [0.25, 0.3) is 0 Å². The van der Waals surface area contributed by atoms with Crippen LogP contribution < -0.4 is 4.90 Å². The largest absolute Gasteiger partial charge is 0.367 e. The Morgan fingerprint density at radius 3 is 2.28 bits per heavy atom. The summed E-state index contributed by atoms with van der Waals surface area (Å²) in [7, 11) is 0. The van der Waals surface area contributed by atoms with Crippen LogP contribution in [-0.4, -0.2) is 51.3 Å². The zero-order chi connectivity index (χ0) is 18.0. The molecule has 0 amide bonds. The Bertz CT molecular complexity index is 690. The molecule has 0 aliphatic carbocycles. The molecule has 1 aromatic carbocycles. The Hall–Kier alpha value is -2.02. The van der Waals surface area contributed by atoms with Crippen LogP contribution in [0.5, 0.6) is 0 Å². The highest BCUT2D eigenvalue weighted by molar-refractivity contribution is 5.48. The molecule has 0 radical (unpaired) electrons. The van der Waals surface area contributed by atoms with Crippen LogP contribution in [0.4, 0.5) is 10.1 Å². The number of hydrogen-bond acceptors (Lipinski definition) is 5. The molecule has 7 heteroatoms. The summed E-state index contributed by atoms with van der Waals surface area (Å²) >= 11 is 0. The lowest BCUT2D eigenvalue weighted by Crippen LogP contribution is -2.49. The summed E-state index contributed by atoms with van der Waals surface area (Å²) in [5.74, 6) is 1.16. The van der Waals surface area contributed by atoms with E-state index in [1.807, 2.05) is 16.8 Å². The fourth-order valence-electron chi connectivity index (χ4n) is 3.60. The first-order valence-electron chi connectivity index (χ1n) is 9.00. The van der Waals surface area contributed by atoms with Crippen LogP contribution in [0.3, 0.4) is 0 Å². The van der Waals surface area contributed by atoms with Gasteiger partial charge in [-0.15, -0.1) is 5.10 Å². The highest BCUT2D eigenvalue weighted by Gasteiger charge is 2.32. The molecule has 0 saturated carbocycles. The first kappa shape index (κ1) is 17.8. The molecular weight excluding hydrogens is 319 g/mol. The third kappa shape index (κ3) is 3.66. The number of benzene rings is 1. The van der Waals surface area contributed by atoms with Gasteiger partial charge in [0, 0.05) is 26.2 Å². The van der Waals surface area contributed by atoms with Crippen molar-refractivity contribution in [3.8, 4) is 0 Å². The minimum absolute atomic E-state index is 0.153. The minimum atomic E-state index is -0.153. The maximum Gasteiger partial charge on any atom is 0.168 e. The third-order valence-electron chi connectivity index (χ3n) is 4.80. The van der Waals surface area contributed by atoms with Gasteiger partial charge in [0.15, 0.2) is 5.82 Å². The lowest BCUT2D eigenvalue weighted by atomic mass is 10.00. The summed E-state index contributed by atoms with van der Waals surface area (Å²) in [5.41, 5.74) is 0.690. The summed E-state index contributed by atoms with van der Waals surface area (Å²) in [6.07, 6.45) is 0. The molecule has 0 bridgehead atoms. The smallest absolute Gasteiger partial charge is 0.168 e. The van der Waals surface area contributed by atoms with Gasteiger partial charge in [0.05, 0.1) is 17.8 Å². The number of aromatic nitrogens is 4. The minimum Gasteiger partial charge on any atom is -0.367 e. The summed E-state index contributed by atoms with van der Waals surface area (Å²) in [5, 5.41) is 12.4. The monoisotopic (exact) mass is 346 g/mol. The first-order valence-corrected chi connectivity index (χ1v) is 9.00. The van der Waals surface area contributed by atoms with E-state index in [2.05, 4.69) is 53.0 Å². The van der Waals surface area contributed by atoms with E-state index in [1.165, 1.54) is 6.07 Å². The fraction of sp³-hybridized carbons (Fsp3) is 0.611. The summed E-state index contributed by atoms with van der Waals surface area (Å²) < 4.78 is 15.9. The van der Waals surface area contributed by atoms with E-state index in [1.54, 1.807) is 6.07 Å². The van der Waals surface area contributed by atoms with Gasteiger partial charge in [0.25, 0.3) is 0 Å². The van der Waals surface area contributed by atoms with Gasteiger partial charge in [-0.05, 0) is 42.3 Å². The Kier molecular flexibility index (Phi) is 5.32. The van der Waals surface area contributed by atoms with Gasteiger partial charge in [-0.2, -0.15) is 0 Å². The normalized spacial score (nSPS) is 17.5. The zero-order valence-electron chi connectivity index (χ0n) is 15.4. The Balaban J connectivity index is 1.75. The standard InChI is InChI=1S/C18H27FN6/c1-13(2)17(18-20-21-22-25(18)14(3)4)24-11-9-23(10-12-24)16-8-6-5-7-15(16)19/h5-8,13-14,17H,9-12H2,1-4H3/t17-/m1/s1. The Labute approximate surface area is 148 Å². The number of halogens is 1. The van der Waals surface area contributed by atoms with Crippen molar-refractivity contribution in [2.24, 2.45) is 5.92 Å². The lowest BCUT2D eigenvalue weighted by Gasteiger charge is -2.41. The number of hydrogen-bond donors (Lipinski definition) is 0. The van der Waals surface area contributed by atoms with Gasteiger partial charge in [-0.3, -0.25) is 4.90 Å². The highest BCUT2D eigenvalue weighted by Crippen LogP contribution is 2.30. The molecule has 1 fully saturated rings. The SMILES string of the molecule is CC(C)[C@H](c1nnnn1C(C)C)N1CCN(c2ccccc2F)CC1. The molecule has 0 N–H and O–H groups in total. The number of tetrazole rings is 1. The molecule has 1 saturated heterocycles. The van der Waals surface area contributed by atoms with Gasteiger partial charge in [-0.1, -0.05) is 26.0 Å². The van der Waals surface area contributed by atoms with Crippen LogP contribution in [0.2, 0.25) is 0 Å². The van der Waals surface area contributed by atoms with Gasteiger partial charge >= 0.3 is 0 Å². The average molecular weight is 346 g/mol. The quantitative estimate of drug-likeness (QED) is 0.833.